The molecular formula is C32H40N6O2. The Labute approximate surface area is 236 Å². The SMILES string of the molecule is C[C@H](NC(=O)N(CCCN1CCOCC1)Cc1ccc(CNCc2ncc[nH]2)cc1)c1cccc2ccccc12. The third kappa shape index (κ3) is 7.69. The first-order chi connectivity index (χ1) is 19.7. The Balaban J connectivity index is 1.22. The zero-order chi connectivity index (χ0) is 27.6. The molecule has 2 amide bonds. The van der Waals surface area contributed by atoms with Crippen molar-refractivity contribution in [3.05, 3.63) is 102 Å². The fourth-order valence-corrected chi connectivity index (χ4v) is 5.25. The number of carbonyl (C=O) groups is 1. The van der Waals surface area contributed by atoms with Crippen LogP contribution in [0.1, 0.15) is 41.9 Å². The molecule has 0 saturated carbocycles. The molecule has 1 atom stereocenters. The van der Waals surface area contributed by atoms with Gasteiger partial charge in [-0.1, -0.05) is 66.7 Å². The van der Waals surface area contributed by atoms with Gasteiger partial charge in [0.1, 0.15) is 5.82 Å². The minimum absolute atomic E-state index is 0.0356. The molecule has 4 aromatic rings. The Morgan fingerprint density at radius 2 is 1.80 bits per heavy atom. The zero-order valence-electron chi connectivity index (χ0n) is 23.3. The van der Waals surface area contributed by atoms with Crippen LogP contribution < -0.4 is 10.6 Å². The van der Waals surface area contributed by atoms with Crippen molar-refractivity contribution in [2.75, 3.05) is 39.4 Å². The number of imidazole rings is 1. The van der Waals surface area contributed by atoms with Gasteiger partial charge in [-0.05, 0) is 40.8 Å². The quantitative estimate of drug-likeness (QED) is 0.239. The van der Waals surface area contributed by atoms with E-state index in [1.54, 1.807) is 6.20 Å². The highest BCUT2D eigenvalue weighted by molar-refractivity contribution is 5.86. The Morgan fingerprint density at radius 3 is 2.60 bits per heavy atom. The predicted molar refractivity (Wildman–Crippen MR) is 159 cm³/mol. The molecule has 1 aliphatic rings. The molecule has 5 rings (SSSR count). The normalized spacial score (nSPS) is 14.7. The summed E-state index contributed by atoms with van der Waals surface area (Å²) in [6.45, 7) is 9.23. The second-order valence-corrected chi connectivity index (χ2v) is 10.4. The number of nitrogens with one attached hydrogen (secondary N) is 3. The molecule has 8 heteroatoms. The van der Waals surface area contributed by atoms with Gasteiger partial charge in [-0.15, -0.1) is 0 Å². The van der Waals surface area contributed by atoms with Crippen LogP contribution in [0, 0.1) is 0 Å². The summed E-state index contributed by atoms with van der Waals surface area (Å²) in [5, 5.41) is 9.05. The van der Waals surface area contributed by atoms with Crippen molar-refractivity contribution in [1.82, 2.24) is 30.4 Å². The summed E-state index contributed by atoms with van der Waals surface area (Å²) in [6.07, 6.45) is 4.51. The number of nitrogens with zero attached hydrogens (tertiary/aromatic N) is 3. The lowest BCUT2D eigenvalue weighted by Gasteiger charge is -2.29. The summed E-state index contributed by atoms with van der Waals surface area (Å²) in [5.74, 6) is 0.924. The number of H-pyrrole nitrogens is 1. The van der Waals surface area contributed by atoms with Gasteiger partial charge in [0, 0.05) is 51.7 Å². The van der Waals surface area contributed by atoms with Crippen LogP contribution in [0.2, 0.25) is 0 Å². The van der Waals surface area contributed by atoms with Crippen LogP contribution in [0.3, 0.4) is 0 Å². The highest BCUT2D eigenvalue weighted by atomic mass is 16.5. The Hall–Kier alpha value is -3.72. The van der Waals surface area contributed by atoms with Gasteiger partial charge in [0.2, 0.25) is 0 Å². The molecule has 3 N–H and O–H groups in total. The molecule has 3 aromatic carbocycles. The standard InChI is InChI=1S/C32H40N6O2/c1-25(29-9-4-7-28-6-2-3-8-30(28)29)36-32(39)38(17-5-16-37-18-20-40-21-19-37)24-27-12-10-26(11-13-27)22-33-23-31-34-14-15-35-31/h2-4,6-15,25,33H,5,16-24H2,1H3,(H,34,35)(H,36,39)/t25-/m0/s1. The summed E-state index contributed by atoms with van der Waals surface area (Å²) in [7, 11) is 0. The second-order valence-electron chi connectivity index (χ2n) is 10.4. The summed E-state index contributed by atoms with van der Waals surface area (Å²) in [4.78, 5) is 25.4. The summed E-state index contributed by atoms with van der Waals surface area (Å²) in [5.41, 5.74) is 3.45. The number of urea groups is 1. The number of amides is 2. The van der Waals surface area contributed by atoms with Crippen molar-refractivity contribution in [2.45, 2.75) is 39.0 Å². The molecule has 0 aliphatic carbocycles. The topological polar surface area (TPSA) is 85.5 Å². The maximum Gasteiger partial charge on any atom is 0.318 e. The van der Waals surface area contributed by atoms with Crippen LogP contribution in [0.25, 0.3) is 10.8 Å². The fraction of sp³-hybridized carbons (Fsp3) is 0.375. The number of fused-ring (bicyclic) bond motifs is 1. The fourth-order valence-electron chi connectivity index (χ4n) is 5.25. The molecule has 0 spiro atoms. The third-order valence-electron chi connectivity index (χ3n) is 7.50. The van der Waals surface area contributed by atoms with E-state index in [-0.39, 0.29) is 12.1 Å². The van der Waals surface area contributed by atoms with Gasteiger partial charge in [0.05, 0.1) is 25.8 Å². The van der Waals surface area contributed by atoms with Crippen molar-refractivity contribution in [1.29, 1.82) is 0 Å². The Morgan fingerprint density at radius 1 is 1.02 bits per heavy atom. The number of hydrogen-bond donors (Lipinski definition) is 3. The molecule has 1 saturated heterocycles. The first-order valence-electron chi connectivity index (χ1n) is 14.3. The predicted octanol–water partition coefficient (Wildman–Crippen LogP) is 4.85. The Bertz CT molecular complexity index is 1330. The average molecular weight is 541 g/mol. The molecule has 1 fully saturated rings. The highest BCUT2D eigenvalue weighted by Gasteiger charge is 2.19. The van der Waals surface area contributed by atoms with Crippen LogP contribution in [0.15, 0.2) is 79.1 Å². The molecule has 0 unspecified atom stereocenters. The van der Waals surface area contributed by atoms with Crippen LogP contribution in [-0.2, 0) is 24.4 Å². The van der Waals surface area contributed by atoms with Gasteiger partial charge in [-0.3, -0.25) is 4.90 Å². The van der Waals surface area contributed by atoms with Crippen molar-refractivity contribution >= 4 is 16.8 Å². The lowest BCUT2D eigenvalue weighted by Crippen LogP contribution is -2.43. The molecule has 210 valence electrons. The average Bonchev–Trinajstić information content (AvgIpc) is 3.51. The van der Waals surface area contributed by atoms with Crippen LogP contribution in [0.5, 0.6) is 0 Å². The van der Waals surface area contributed by atoms with Crippen molar-refractivity contribution in [3.63, 3.8) is 0 Å². The van der Waals surface area contributed by atoms with E-state index in [2.05, 4.69) is 93.1 Å². The van der Waals surface area contributed by atoms with Gasteiger partial charge < -0.3 is 25.3 Å². The van der Waals surface area contributed by atoms with Crippen LogP contribution >= 0.6 is 0 Å². The van der Waals surface area contributed by atoms with Crippen molar-refractivity contribution in [2.24, 2.45) is 0 Å². The van der Waals surface area contributed by atoms with E-state index in [9.17, 15) is 4.79 Å². The maximum absolute atomic E-state index is 13.6. The molecule has 0 bridgehead atoms. The van der Waals surface area contributed by atoms with E-state index >= 15 is 0 Å². The summed E-state index contributed by atoms with van der Waals surface area (Å²) in [6, 6.07) is 23.0. The zero-order valence-corrected chi connectivity index (χ0v) is 23.3. The maximum atomic E-state index is 13.6. The number of ether oxygens (including phenoxy) is 1. The lowest BCUT2D eigenvalue weighted by atomic mass is 10.00. The number of rotatable bonds is 12. The summed E-state index contributed by atoms with van der Waals surface area (Å²) < 4.78 is 5.49. The number of carbonyl (C=O) groups excluding carboxylic acids is 1. The second kappa shape index (κ2) is 14.1. The Kier molecular flexibility index (Phi) is 9.79. The lowest BCUT2D eigenvalue weighted by molar-refractivity contribution is 0.0364. The number of aromatic nitrogens is 2. The van der Waals surface area contributed by atoms with E-state index < -0.39 is 0 Å². The minimum atomic E-state index is -0.108. The van der Waals surface area contributed by atoms with E-state index in [1.807, 2.05) is 17.2 Å². The molecule has 2 heterocycles. The number of benzene rings is 3. The van der Waals surface area contributed by atoms with Crippen molar-refractivity contribution < 1.29 is 9.53 Å². The van der Waals surface area contributed by atoms with E-state index in [4.69, 9.17) is 4.74 Å². The van der Waals surface area contributed by atoms with E-state index in [1.165, 1.54) is 16.3 Å². The van der Waals surface area contributed by atoms with Gasteiger partial charge in [0.25, 0.3) is 0 Å². The van der Waals surface area contributed by atoms with E-state index in [0.29, 0.717) is 19.6 Å². The first kappa shape index (κ1) is 27.8. The van der Waals surface area contributed by atoms with Crippen LogP contribution in [-0.4, -0.2) is 65.2 Å². The molecule has 8 nitrogen and oxygen atoms in total. The van der Waals surface area contributed by atoms with Gasteiger partial charge in [-0.25, -0.2) is 9.78 Å². The molecule has 0 radical (unpaired) electrons. The molecule has 40 heavy (non-hydrogen) atoms. The van der Waals surface area contributed by atoms with Gasteiger partial charge in [0.15, 0.2) is 0 Å². The van der Waals surface area contributed by atoms with Gasteiger partial charge >= 0.3 is 6.03 Å². The van der Waals surface area contributed by atoms with Crippen LogP contribution in [0.4, 0.5) is 4.79 Å². The number of morpholine rings is 1. The number of hydrogen-bond acceptors (Lipinski definition) is 5. The first-order valence-corrected chi connectivity index (χ1v) is 14.3. The minimum Gasteiger partial charge on any atom is -0.379 e. The van der Waals surface area contributed by atoms with E-state index in [0.717, 1.165) is 62.8 Å². The highest BCUT2D eigenvalue weighted by Crippen LogP contribution is 2.24. The van der Waals surface area contributed by atoms with Crippen molar-refractivity contribution in [3.8, 4) is 0 Å². The third-order valence-corrected chi connectivity index (χ3v) is 7.50. The smallest absolute Gasteiger partial charge is 0.318 e. The number of aromatic amines is 1. The molecule has 1 aromatic heterocycles. The largest absolute Gasteiger partial charge is 0.379 e. The van der Waals surface area contributed by atoms with Gasteiger partial charge in [-0.2, -0.15) is 0 Å². The molecular weight excluding hydrogens is 500 g/mol. The molecule has 1 aliphatic heterocycles. The monoisotopic (exact) mass is 540 g/mol. The summed E-state index contributed by atoms with van der Waals surface area (Å²) >= 11 is 0.